The van der Waals surface area contributed by atoms with Crippen molar-refractivity contribution in [3.05, 3.63) is 42.0 Å². The van der Waals surface area contributed by atoms with Crippen LogP contribution >= 0.6 is 0 Å². The zero-order valence-corrected chi connectivity index (χ0v) is 12.4. The molecular formula is C17H20O2S. The Balaban J connectivity index is 1.80. The maximum atomic E-state index is 12.7. The zero-order chi connectivity index (χ0) is 14.1. The van der Waals surface area contributed by atoms with Gasteiger partial charge >= 0.3 is 0 Å². The van der Waals surface area contributed by atoms with Gasteiger partial charge in [0.05, 0.1) is 0 Å². The Morgan fingerprint density at radius 1 is 1.25 bits per heavy atom. The van der Waals surface area contributed by atoms with Crippen molar-refractivity contribution in [1.82, 2.24) is 0 Å². The van der Waals surface area contributed by atoms with Gasteiger partial charge in [0.2, 0.25) is 0 Å². The van der Waals surface area contributed by atoms with Gasteiger partial charge in [0.25, 0.3) is 0 Å². The van der Waals surface area contributed by atoms with Crippen LogP contribution in [0.2, 0.25) is 0 Å². The van der Waals surface area contributed by atoms with Gasteiger partial charge in [-0.1, -0.05) is 37.3 Å². The molecule has 2 nitrogen and oxygen atoms in total. The molecule has 0 N–H and O–H groups in total. The van der Waals surface area contributed by atoms with Crippen LogP contribution in [-0.2, 0) is 10.8 Å². The van der Waals surface area contributed by atoms with E-state index < -0.39 is 10.8 Å². The van der Waals surface area contributed by atoms with Crippen molar-refractivity contribution < 1.29 is 9.00 Å². The van der Waals surface area contributed by atoms with E-state index >= 15 is 0 Å². The average molecular weight is 288 g/mol. The van der Waals surface area contributed by atoms with Crippen LogP contribution in [0.3, 0.4) is 0 Å². The summed E-state index contributed by atoms with van der Waals surface area (Å²) < 4.78 is 12.2. The molecule has 0 amide bonds. The van der Waals surface area contributed by atoms with Gasteiger partial charge in [-0.05, 0) is 37.3 Å². The summed E-state index contributed by atoms with van der Waals surface area (Å²) in [5.41, 5.74) is 1.76. The molecule has 20 heavy (non-hydrogen) atoms. The van der Waals surface area contributed by atoms with Gasteiger partial charge in [0.1, 0.15) is 0 Å². The van der Waals surface area contributed by atoms with Crippen molar-refractivity contribution in [2.24, 2.45) is 5.92 Å². The molecule has 2 saturated heterocycles. The second-order valence-electron chi connectivity index (χ2n) is 5.87. The number of hydrogen-bond donors (Lipinski definition) is 0. The molecule has 2 heterocycles. The second-order valence-corrected chi connectivity index (χ2v) is 7.86. The summed E-state index contributed by atoms with van der Waals surface area (Å²) in [6, 6.07) is 7.66. The minimum Gasteiger partial charge on any atom is -0.294 e. The molecule has 2 bridgehead atoms. The third kappa shape index (κ3) is 2.51. The molecular weight excluding hydrogens is 268 g/mol. The van der Waals surface area contributed by atoms with E-state index in [0.29, 0.717) is 0 Å². The SMILES string of the molecule is C=Cc1cccc(C(=O)C2CC3CCCC(C2)S3=O)c1. The first-order valence-electron chi connectivity index (χ1n) is 7.35. The summed E-state index contributed by atoms with van der Waals surface area (Å²) >= 11 is 0. The van der Waals surface area contributed by atoms with Crippen LogP contribution in [0.5, 0.6) is 0 Å². The number of fused-ring (bicyclic) bond motifs is 2. The van der Waals surface area contributed by atoms with Crippen LogP contribution in [0.1, 0.15) is 48.0 Å². The highest BCUT2D eigenvalue weighted by Gasteiger charge is 2.40. The highest BCUT2D eigenvalue weighted by atomic mass is 32.2. The van der Waals surface area contributed by atoms with Gasteiger partial charge in [0, 0.05) is 32.8 Å². The topological polar surface area (TPSA) is 34.1 Å². The first kappa shape index (κ1) is 13.7. The van der Waals surface area contributed by atoms with Crippen LogP contribution in [0, 0.1) is 5.92 Å². The molecule has 2 atom stereocenters. The lowest BCUT2D eigenvalue weighted by Gasteiger charge is -2.37. The van der Waals surface area contributed by atoms with Crippen molar-refractivity contribution in [2.45, 2.75) is 42.6 Å². The van der Waals surface area contributed by atoms with Gasteiger partial charge in [0.15, 0.2) is 5.78 Å². The van der Waals surface area contributed by atoms with E-state index in [9.17, 15) is 9.00 Å². The number of benzene rings is 1. The summed E-state index contributed by atoms with van der Waals surface area (Å²) in [5, 5.41) is 0.498. The summed E-state index contributed by atoms with van der Waals surface area (Å²) in [4.78, 5) is 12.7. The molecule has 0 aliphatic carbocycles. The van der Waals surface area contributed by atoms with E-state index in [-0.39, 0.29) is 22.2 Å². The van der Waals surface area contributed by atoms with E-state index in [2.05, 4.69) is 6.58 Å². The number of ketones is 1. The Morgan fingerprint density at radius 2 is 1.95 bits per heavy atom. The van der Waals surface area contributed by atoms with E-state index in [1.807, 2.05) is 24.3 Å². The maximum absolute atomic E-state index is 12.7. The summed E-state index contributed by atoms with van der Waals surface area (Å²) in [7, 11) is -0.704. The minimum atomic E-state index is -0.704. The summed E-state index contributed by atoms with van der Waals surface area (Å²) in [6.07, 6.45) is 6.61. The fraction of sp³-hybridized carbons (Fsp3) is 0.471. The largest absolute Gasteiger partial charge is 0.294 e. The van der Waals surface area contributed by atoms with Crippen LogP contribution in [0.25, 0.3) is 6.08 Å². The minimum absolute atomic E-state index is 0.0584. The zero-order valence-electron chi connectivity index (χ0n) is 11.6. The van der Waals surface area contributed by atoms with Gasteiger partial charge in [-0.25, -0.2) is 0 Å². The molecule has 2 aliphatic rings. The van der Waals surface area contributed by atoms with E-state index in [1.165, 1.54) is 6.42 Å². The third-order valence-electron chi connectivity index (χ3n) is 4.58. The summed E-state index contributed by atoms with van der Waals surface area (Å²) in [5.74, 6) is 0.283. The molecule has 0 saturated carbocycles. The standard InChI is InChI=1S/C17H20O2S/c1-2-12-5-3-6-13(9-12)17(18)14-10-15-7-4-8-16(11-14)20(15)19/h2-3,5-6,9,14-16H,1,4,7-8,10-11H2. The second kappa shape index (κ2) is 5.65. The number of rotatable bonds is 3. The van der Waals surface area contributed by atoms with Crippen molar-refractivity contribution in [3.8, 4) is 0 Å². The molecule has 2 fully saturated rings. The fourth-order valence-corrected chi connectivity index (χ4v) is 5.69. The molecule has 0 aromatic heterocycles. The van der Waals surface area contributed by atoms with Crippen LogP contribution < -0.4 is 0 Å². The number of hydrogen-bond acceptors (Lipinski definition) is 2. The monoisotopic (exact) mass is 288 g/mol. The van der Waals surface area contributed by atoms with Crippen molar-refractivity contribution in [2.75, 3.05) is 0 Å². The molecule has 3 rings (SSSR count). The van der Waals surface area contributed by atoms with E-state index in [4.69, 9.17) is 0 Å². The van der Waals surface area contributed by atoms with E-state index in [0.717, 1.165) is 36.8 Å². The molecule has 3 heteroatoms. The predicted molar refractivity (Wildman–Crippen MR) is 83.2 cm³/mol. The predicted octanol–water partition coefficient (Wildman–Crippen LogP) is 3.59. The Morgan fingerprint density at radius 3 is 2.60 bits per heavy atom. The number of Topliss-reactive ketones (excluding diaryl/α,β-unsaturated/α-hetero) is 1. The molecule has 2 aliphatic heterocycles. The van der Waals surface area contributed by atoms with Gasteiger partial charge in [-0.3, -0.25) is 9.00 Å². The first-order chi connectivity index (χ1) is 9.69. The lowest BCUT2D eigenvalue weighted by molar-refractivity contribution is 0.0895. The highest BCUT2D eigenvalue weighted by molar-refractivity contribution is 7.86. The molecule has 2 unspecified atom stereocenters. The van der Waals surface area contributed by atoms with Crippen molar-refractivity contribution in [3.63, 3.8) is 0 Å². The quantitative estimate of drug-likeness (QED) is 0.797. The maximum Gasteiger partial charge on any atom is 0.166 e. The third-order valence-corrected chi connectivity index (χ3v) is 6.75. The molecule has 0 spiro atoms. The lowest BCUT2D eigenvalue weighted by atomic mass is 9.84. The lowest BCUT2D eigenvalue weighted by Crippen LogP contribution is -2.41. The van der Waals surface area contributed by atoms with E-state index in [1.54, 1.807) is 6.08 Å². The number of carbonyl (C=O) groups is 1. The van der Waals surface area contributed by atoms with Gasteiger partial charge in [-0.2, -0.15) is 0 Å². The van der Waals surface area contributed by atoms with Crippen LogP contribution in [0.4, 0.5) is 0 Å². The van der Waals surface area contributed by atoms with Gasteiger partial charge in [-0.15, -0.1) is 0 Å². The Hall–Kier alpha value is -1.22. The molecule has 1 aromatic carbocycles. The normalized spacial score (nSPS) is 32.6. The van der Waals surface area contributed by atoms with Crippen LogP contribution in [-0.4, -0.2) is 20.5 Å². The average Bonchev–Trinajstić information content (AvgIpc) is 2.46. The Kier molecular flexibility index (Phi) is 3.88. The Bertz CT molecular complexity index is 548. The van der Waals surface area contributed by atoms with Crippen LogP contribution in [0.15, 0.2) is 30.8 Å². The smallest absolute Gasteiger partial charge is 0.166 e. The van der Waals surface area contributed by atoms with Crippen molar-refractivity contribution >= 4 is 22.7 Å². The summed E-state index contributed by atoms with van der Waals surface area (Å²) in [6.45, 7) is 3.75. The highest BCUT2D eigenvalue weighted by Crippen LogP contribution is 2.38. The molecule has 1 aromatic rings. The van der Waals surface area contributed by atoms with Crippen molar-refractivity contribution in [1.29, 1.82) is 0 Å². The number of carbonyl (C=O) groups excluding carboxylic acids is 1. The van der Waals surface area contributed by atoms with Gasteiger partial charge < -0.3 is 0 Å². The Labute approximate surface area is 122 Å². The molecule has 106 valence electrons. The fourth-order valence-electron chi connectivity index (χ4n) is 3.50. The first-order valence-corrected chi connectivity index (χ1v) is 8.62. The molecule has 0 radical (unpaired) electrons.